The molecule has 0 aliphatic heterocycles. The van der Waals surface area contributed by atoms with Gasteiger partial charge in [0, 0.05) is 0 Å². The fourth-order valence-corrected chi connectivity index (χ4v) is 3.54. The molecule has 1 unspecified atom stereocenters. The molecule has 1 aromatic heterocycles. The summed E-state index contributed by atoms with van der Waals surface area (Å²) >= 11 is 0. The van der Waals surface area contributed by atoms with Crippen molar-refractivity contribution in [3.8, 4) is 0 Å². The van der Waals surface area contributed by atoms with Gasteiger partial charge in [-0.05, 0) is 19.1 Å². The average Bonchev–Trinajstić information content (AvgIpc) is 2.85. The van der Waals surface area contributed by atoms with E-state index in [0.29, 0.717) is 0 Å². The number of hydrogen-bond donors (Lipinski definition) is 1. The lowest BCUT2D eigenvalue weighted by molar-refractivity contribution is -0.119. The molecule has 1 heterocycles. The van der Waals surface area contributed by atoms with E-state index in [9.17, 15) is 22.0 Å². The molecule has 21 heavy (non-hydrogen) atoms. The van der Waals surface area contributed by atoms with Crippen LogP contribution in [0.4, 0.5) is 8.78 Å². The van der Waals surface area contributed by atoms with E-state index in [4.69, 9.17) is 0 Å². The fraction of sp³-hybridized carbons (Fsp3) is 0.231. The third kappa shape index (κ3) is 2.99. The van der Waals surface area contributed by atoms with Gasteiger partial charge in [-0.2, -0.15) is 4.39 Å². The molecule has 0 fully saturated rings. The second-order valence-corrected chi connectivity index (χ2v) is 6.50. The van der Waals surface area contributed by atoms with E-state index in [2.05, 4.69) is 4.98 Å². The first-order chi connectivity index (χ1) is 9.86. The van der Waals surface area contributed by atoms with Gasteiger partial charge in [0.05, 0.1) is 16.8 Å². The van der Waals surface area contributed by atoms with Crippen LogP contribution >= 0.6 is 0 Å². The number of carbonyl (C=O) groups is 1. The lowest BCUT2D eigenvalue weighted by Crippen LogP contribution is -2.24. The van der Waals surface area contributed by atoms with Crippen molar-refractivity contribution in [1.82, 2.24) is 9.97 Å². The Morgan fingerprint density at radius 1 is 1.33 bits per heavy atom. The molecule has 1 atom stereocenters. The summed E-state index contributed by atoms with van der Waals surface area (Å²) in [5.74, 6) is -1.18. The third-order valence-electron chi connectivity index (χ3n) is 2.93. The number of Topliss-reactive ketones (excluding diaryl/α,β-unsaturated/α-hetero) is 1. The molecule has 0 saturated carbocycles. The number of aromatic nitrogens is 2. The maximum atomic E-state index is 12.9. The number of sulfone groups is 1. The van der Waals surface area contributed by atoms with E-state index < -0.39 is 33.6 Å². The minimum absolute atomic E-state index is 0.144. The Kier molecular flexibility index (Phi) is 4.17. The lowest BCUT2D eigenvalue weighted by Gasteiger charge is -2.14. The summed E-state index contributed by atoms with van der Waals surface area (Å²) in [7, 11) is -4.20. The highest BCUT2D eigenvalue weighted by molar-refractivity contribution is 7.92. The zero-order chi connectivity index (χ0) is 15.6. The molecule has 0 saturated heterocycles. The van der Waals surface area contributed by atoms with Gasteiger partial charge in [-0.1, -0.05) is 17.7 Å². The largest absolute Gasteiger partial charge is 0.316 e. The van der Waals surface area contributed by atoms with Crippen molar-refractivity contribution in [1.29, 1.82) is 0 Å². The van der Waals surface area contributed by atoms with Crippen LogP contribution in [0.15, 0.2) is 35.4 Å². The van der Waals surface area contributed by atoms with E-state index in [0.717, 1.165) is 11.8 Å². The van der Waals surface area contributed by atoms with Crippen LogP contribution in [0, 0.1) is 13.0 Å². The highest BCUT2D eigenvalue weighted by Crippen LogP contribution is 2.29. The van der Waals surface area contributed by atoms with Gasteiger partial charge in [-0.3, -0.25) is 4.79 Å². The van der Waals surface area contributed by atoms with Crippen molar-refractivity contribution in [3.05, 3.63) is 47.8 Å². The summed E-state index contributed by atoms with van der Waals surface area (Å²) in [6.45, 7) is 0.293. The van der Waals surface area contributed by atoms with Crippen LogP contribution in [0.2, 0.25) is 0 Å². The standard InChI is InChI=1S/C13H12F2N2O3S/c1-8-2-4-9(5-3-8)21(19,20)12(11(18)6-14)10-7-16-13(15)17-10/h2-5,7,12H,6H2,1H3,(H,16,17). The number of aromatic amines is 1. The molecule has 2 rings (SSSR count). The molecule has 0 aliphatic carbocycles. The van der Waals surface area contributed by atoms with Gasteiger partial charge in [-0.25, -0.2) is 17.8 Å². The van der Waals surface area contributed by atoms with E-state index in [-0.39, 0.29) is 10.6 Å². The van der Waals surface area contributed by atoms with Crippen LogP contribution in [0.1, 0.15) is 16.5 Å². The van der Waals surface area contributed by atoms with Gasteiger partial charge in [0.2, 0.25) is 0 Å². The quantitative estimate of drug-likeness (QED) is 0.914. The number of alkyl halides is 1. The number of rotatable bonds is 5. The molecule has 5 nitrogen and oxygen atoms in total. The van der Waals surface area contributed by atoms with Gasteiger partial charge in [0.1, 0.15) is 6.67 Å². The molecule has 0 radical (unpaired) electrons. The molecule has 0 amide bonds. The monoisotopic (exact) mass is 314 g/mol. The zero-order valence-corrected chi connectivity index (χ0v) is 11.8. The number of carbonyl (C=O) groups excluding carboxylic acids is 1. The smallest absolute Gasteiger partial charge is 0.286 e. The molecule has 0 spiro atoms. The Morgan fingerprint density at radius 3 is 2.43 bits per heavy atom. The topological polar surface area (TPSA) is 79.9 Å². The fourth-order valence-electron chi connectivity index (χ4n) is 1.89. The van der Waals surface area contributed by atoms with Gasteiger partial charge < -0.3 is 4.98 Å². The molecule has 1 aromatic carbocycles. The maximum absolute atomic E-state index is 12.9. The summed E-state index contributed by atoms with van der Waals surface area (Å²) in [4.78, 5) is 16.8. The second-order valence-electron chi connectivity index (χ2n) is 4.47. The minimum Gasteiger partial charge on any atom is -0.316 e. The van der Waals surface area contributed by atoms with Crippen molar-refractivity contribution in [2.75, 3.05) is 6.67 Å². The van der Waals surface area contributed by atoms with Crippen LogP contribution in [-0.4, -0.2) is 30.8 Å². The number of nitrogens with one attached hydrogen (secondary N) is 1. The number of benzene rings is 1. The van der Waals surface area contributed by atoms with Crippen molar-refractivity contribution < 1.29 is 22.0 Å². The van der Waals surface area contributed by atoms with Crippen LogP contribution < -0.4 is 0 Å². The molecule has 0 aliphatic rings. The summed E-state index contributed by atoms with van der Waals surface area (Å²) in [6.07, 6.45) is -0.167. The number of imidazole rings is 1. The van der Waals surface area contributed by atoms with Gasteiger partial charge in [0.15, 0.2) is 20.9 Å². The van der Waals surface area contributed by atoms with Gasteiger partial charge in [0.25, 0.3) is 6.08 Å². The number of nitrogens with zero attached hydrogens (tertiary/aromatic N) is 1. The summed E-state index contributed by atoms with van der Waals surface area (Å²) < 4.78 is 50.6. The van der Waals surface area contributed by atoms with E-state index in [1.165, 1.54) is 12.1 Å². The average molecular weight is 314 g/mol. The molecule has 8 heteroatoms. The lowest BCUT2D eigenvalue weighted by atomic mass is 10.2. The first kappa shape index (κ1) is 15.3. The van der Waals surface area contributed by atoms with Gasteiger partial charge >= 0.3 is 0 Å². The summed E-state index contributed by atoms with van der Waals surface area (Å²) in [5, 5.41) is -1.85. The first-order valence-electron chi connectivity index (χ1n) is 5.96. The summed E-state index contributed by atoms with van der Waals surface area (Å²) in [5.41, 5.74) is 0.533. The molecule has 1 N–H and O–H groups in total. The molecule has 0 bridgehead atoms. The van der Waals surface area contributed by atoms with Crippen molar-refractivity contribution in [3.63, 3.8) is 0 Å². The highest BCUT2D eigenvalue weighted by Gasteiger charge is 2.36. The number of H-pyrrole nitrogens is 1. The Bertz CT molecular complexity index is 754. The third-order valence-corrected chi connectivity index (χ3v) is 5.00. The Labute approximate surface area is 119 Å². The second kappa shape index (κ2) is 5.72. The minimum atomic E-state index is -4.20. The highest BCUT2D eigenvalue weighted by atomic mass is 32.2. The van der Waals surface area contributed by atoms with Crippen LogP contribution in [0.5, 0.6) is 0 Å². The molecule has 112 valence electrons. The summed E-state index contributed by atoms with van der Waals surface area (Å²) in [6, 6.07) is 5.74. The number of halogens is 2. The maximum Gasteiger partial charge on any atom is 0.286 e. The van der Waals surface area contributed by atoms with Crippen molar-refractivity contribution >= 4 is 15.6 Å². The number of hydrogen-bond acceptors (Lipinski definition) is 4. The normalized spacial score (nSPS) is 13.1. The predicted molar refractivity (Wildman–Crippen MR) is 70.6 cm³/mol. The number of ketones is 1. The van der Waals surface area contributed by atoms with Crippen molar-refractivity contribution in [2.24, 2.45) is 0 Å². The predicted octanol–water partition coefficient (Wildman–Crippen LogP) is 1.91. The van der Waals surface area contributed by atoms with E-state index in [1.54, 1.807) is 19.1 Å². The Hall–Kier alpha value is -2.09. The Morgan fingerprint density at radius 2 is 1.95 bits per heavy atom. The van der Waals surface area contributed by atoms with Crippen molar-refractivity contribution in [2.45, 2.75) is 17.1 Å². The number of aryl methyl sites for hydroxylation is 1. The van der Waals surface area contributed by atoms with Crippen LogP contribution in [0.25, 0.3) is 0 Å². The molecular weight excluding hydrogens is 302 g/mol. The van der Waals surface area contributed by atoms with E-state index in [1.807, 2.05) is 4.98 Å². The zero-order valence-electron chi connectivity index (χ0n) is 11.0. The van der Waals surface area contributed by atoms with Crippen LogP contribution in [-0.2, 0) is 14.6 Å². The van der Waals surface area contributed by atoms with Crippen LogP contribution in [0.3, 0.4) is 0 Å². The van der Waals surface area contributed by atoms with Gasteiger partial charge in [-0.15, -0.1) is 0 Å². The molecule has 2 aromatic rings. The van der Waals surface area contributed by atoms with E-state index >= 15 is 0 Å². The first-order valence-corrected chi connectivity index (χ1v) is 7.50. The molecular formula is C13H12F2N2O3S. The Balaban J connectivity index is 2.54. The SMILES string of the molecule is Cc1ccc(S(=O)(=O)C(C(=O)CF)c2cnc(F)[nH]2)cc1.